The Kier molecular flexibility index (Phi) is 5.70. The first-order chi connectivity index (χ1) is 11.0. The molecule has 2 aromatic carbocycles. The third-order valence-electron chi connectivity index (χ3n) is 4.76. The Morgan fingerprint density at radius 1 is 0.565 bits per heavy atom. The van der Waals surface area contributed by atoms with E-state index in [9.17, 15) is 0 Å². The van der Waals surface area contributed by atoms with Crippen molar-refractivity contribution in [3.05, 3.63) is 57.6 Å². The van der Waals surface area contributed by atoms with Gasteiger partial charge in [-0.3, -0.25) is 0 Å². The maximum atomic E-state index is 6.14. The van der Waals surface area contributed by atoms with Gasteiger partial charge in [-0.05, 0) is 89.8 Å². The molecular formula is C21H30N2. The van der Waals surface area contributed by atoms with Crippen LogP contribution in [0.4, 0.5) is 11.4 Å². The molecule has 0 radical (unpaired) electrons. The third-order valence-corrected chi connectivity index (χ3v) is 4.76. The maximum Gasteiger partial charge on any atom is 0.0319 e. The first-order valence-electron chi connectivity index (χ1n) is 8.84. The number of anilines is 2. The van der Waals surface area contributed by atoms with Crippen molar-refractivity contribution in [1.29, 1.82) is 0 Å². The van der Waals surface area contributed by atoms with Crippen LogP contribution in [0.15, 0.2) is 24.3 Å². The van der Waals surface area contributed by atoms with Gasteiger partial charge in [0.2, 0.25) is 0 Å². The van der Waals surface area contributed by atoms with Crippen LogP contribution in [-0.4, -0.2) is 0 Å². The van der Waals surface area contributed by atoms with Gasteiger partial charge in [0.05, 0.1) is 0 Å². The van der Waals surface area contributed by atoms with E-state index in [2.05, 4.69) is 52.0 Å². The highest BCUT2D eigenvalue weighted by molar-refractivity contribution is 5.55. The monoisotopic (exact) mass is 310 g/mol. The maximum absolute atomic E-state index is 6.14. The van der Waals surface area contributed by atoms with Crippen molar-refractivity contribution in [2.75, 3.05) is 11.5 Å². The molecule has 0 fully saturated rings. The largest absolute Gasteiger partial charge is 0.399 e. The summed E-state index contributed by atoms with van der Waals surface area (Å²) in [6, 6.07) is 8.54. The van der Waals surface area contributed by atoms with Gasteiger partial charge in [-0.15, -0.1) is 0 Å². The highest BCUT2D eigenvalue weighted by Gasteiger charge is 2.13. The van der Waals surface area contributed by atoms with Crippen LogP contribution in [-0.2, 0) is 32.1 Å². The summed E-state index contributed by atoms with van der Waals surface area (Å²) < 4.78 is 0. The van der Waals surface area contributed by atoms with Crippen molar-refractivity contribution in [2.24, 2.45) is 0 Å². The van der Waals surface area contributed by atoms with Crippen LogP contribution >= 0.6 is 0 Å². The summed E-state index contributed by atoms with van der Waals surface area (Å²) in [4.78, 5) is 0. The second-order valence-electron chi connectivity index (χ2n) is 6.23. The number of benzene rings is 2. The summed E-state index contributed by atoms with van der Waals surface area (Å²) in [7, 11) is 0. The van der Waals surface area contributed by atoms with E-state index in [-0.39, 0.29) is 0 Å². The first-order valence-corrected chi connectivity index (χ1v) is 8.84. The van der Waals surface area contributed by atoms with Gasteiger partial charge in [0.1, 0.15) is 0 Å². The molecule has 124 valence electrons. The molecule has 23 heavy (non-hydrogen) atoms. The predicted molar refractivity (Wildman–Crippen MR) is 102 cm³/mol. The number of hydrogen-bond acceptors (Lipinski definition) is 2. The second-order valence-corrected chi connectivity index (χ2v) is 6.23. The van der Waals surface area contributed by atoms with Crippen LogP contribution in [0.1, 0.15) is 61.1 Å². The smallest absolute Gasteiger partial charge is 0.0319 e. The molecule has 0 saturated carbocycles. The lowest BCUT2D eigenvalue weighted by molar-refractivity contribution is 0.965. The normalized spacial score (nSPS) is 11.0. The molecule has 0 aromatic heterocycles. The predicted octanol–water partition coefficient (Wildman–Crippen LogP) is 4.69. The summed E-state index contributed by atoms with van der Waals surface area (Å²) >= 11 is 0. The van der Waals surface area contributed by atoms with Crippen LogP contribution in [0.2, 0.25) is 0 Å². The highest BCUT2D eigenvalue weighted by Crippen LogP contribution is 2.28. The number of nitrogens with two attached hydrogens (primary N) is 2. The molecule has 0 bridgehead atoms. The van der Waals surface area contributed by atoms with Crippen LogP contribution in [0.5, 0.6) is 0 Å². The quantitative estimate of drug-likeness (QED) is 0.760. The molecule has 2 rings (SSSR count). The topological polar surface area (TPSA) is 52.0 Å². The van der Waals surface area contributed by atoms with Gasteiger partial charge in [0.15, 0.2) is 0 Å². The van der Waals surface area contributed by atoms with E-state index < -0.39 is 0 Å². The summed E-state index contributed by atoms with van der Waals surface area (Å²) in [5.74, 6) is 0. The molecule has 0 atom stereocenters. The average molecular weight is 310 g/mol. The van der Waals surface area contributed by atoms with Crippen LogP contribution < -0.4 is 11.5 Å². The van der Waals surface area contributed by atoms with Gasteiger partial charge in [-0.25, -0.2) is 0 Å². The number of nitrogen functional groups attached to an aromatic ring is 2. The molecule has 4 N–H and O–H groups in total. The number of aryl methyl sites for hydroxylation is 2. The van der Waals surface area contributed by atoms with E-state index in [1.807, 2.05) is 0 Å². The lowest BCUT2D eigenvalue weighted by Crippen LogP contribution is -2.06. The van der Waals surface area contributed by atoms with E-state index in [0.717, 1.165) is 43.5 Å². The van der Waals surface area contributed by atoms with E-state index >= 15 is 0 Å². The molecule has 2 aromatic rings. The van der Waals surface area contributed by atoms with Crippen molar-refractivity contribution < 1.29 is 0 Å². The lowest BCUT2D eigenvalue weighted by atomic mass is 9.88. The molecule has 0 heterocycles. The minimum absolute atomic E-state index is 0.867. The fourth-order valence-electron chi connectivity index (χ4n) is 3.71. The zero-order chi connectivity index (χ0) is 17.0. The molecule has 0 aliphatic carbocycles. The zero-order valence-electron chi connectivity index (χ0n) is 15.0. The Bertz CT molecular complexity index is 627. The Balaban J connectivity index is 2.55. The summed E-state index contributed by atoms with van der Waals surface area (Å²) in [5, 5.41) is 0. The summed E-state index contributed by atoms with van der Waals surface area (Å²) in [6.07, 6.45) is 5.06. The van der Waals surface area contributed by atoms with Crippen LogP contribution in [0, 0.1) is 0 Å². The Morgan fingerprint density at radius 2 is 0.913 bits per heavy atom. The fourth-order valence-corrected chi connectivity index (χ4v) is 3.71. The number of hydrogen-bond donors (Lipinski definition) is 2. The molecule has 0 unspecified atom stereocenters. The summed E-state index contributed by atoms with van der Waals surface area (Å²) in [5.41, 5.74) is 22.4. The minimum Gasteiger partial charge on any atom is -0.399 e. The van der Waals surface area contributed by atoms with Crippen molar-refractivity contribution in [3.63, 3.8) is 0 Å². The third kappa shape index (κ3) is 3.69. The van der Waals surface area contributed by atoms with Gasteiger partial charge in [0.25, 0.3) is 0 Å². The van der Waals surface area contributed by atoms with Gasteiger partial charge in [-0.2, -0.15) is 0 Å². The molecule has 0 aliphatic heterocycles. The molecule has 0 aliphatic rings. The van der Waals surface area contributed by atoms with Gasteiger partial charge >= 0.3 is 0 Å². The Labute approximate surface area is 140 Å². The summed E-state index contributed by atoms with van der Waals surface area (Å²) in [6.45, 7) is 8.85. The van der Waals surface area contributed by atoms with Crippen molar-refractivity contribution >= 4 is 11.4 Å². The molecule has 2 heteroatoms. The Hall–Kier alpha value is -1.96. The zero-order valence-corrected chi connectivity index (χ0v) is 15.0. The van der Waals surface area contributed by atoms with Gasteiger partial charge in [-0.1, -0.05) is 27.7 Å². The van der Waals surface area contributed by atoms with Crippen LogP contribution in [0.25, 0.3) is 0 Å². The fraction of sp³-hybridized carbons (Fsp3) is 0.429. The van der Waals surface area contributed by atoms with E-state index in [1.165, 1.54) is 33.4 Å². The highest BCUT2D eigenvalue weighted by atomic mass is 14.6. The number of rotatable bonds is 6. The molecule has 0 saturated heterocycles. The van der Waals surface area contributed by atoms with Crippen molar-refractivity contribution in [1.82, 2.24) is 0 Å². The van der Waals surface area contributed by atoms with Crippen molar-refractivity contribution in [2.45, 2.75) is 59.8 Å². The van der Waals surface area contributed by atoms with E-state index in [0.29, 0.717) is 0 Å². The Morgan fingerprint density at radius 3 is 1.22 bits per heavy atom. The van der Waals surface area contributed by atoms with Crippen molar-refractivity contribution in [3.8, 4) is 0 Å². The van der Waals surface area contributed by atoms with Gasteiger partial charge < -0.3 is 11.5 Å². The van der Waals surface area contributed by atoms with E-state index in [1.54, 1.807) is 0 Å². The first kappa shape index (κ1) is 17.4. The molecule has 0 spiro atoms. The molecule has 0 amide bonds. The van der Waals surface area contributed by atoms with Gasteiger partial charge in [0, 0.05) is 11.4 Å². The lowest BCUT2D eigenvalue weighted by Gasteiger charge is -2.18. The molecule has 2 nitrogen and oxygen atoms in total. The molecular weight excluding hydrogens is 280 g/mol. The SMILES string of the molecule is CCc1cc(N)cc(Cc2cc(N)cc(CC)c2CC)c1CC. The standard InChI is InChI=1S/C21H30N2/c1-5-14-10-18(22)12-16(20(14)7-3)9-17-13-19(23)11-15(6-2)21(17)8-4/h10-13H,5-9,22-23H2,1-4H3. The van der Waals surface area contributed by atoms with Crippen LogP contribution in [0.3, 0.4) is 0 Å². The minimum atomic E-state index is 0.867. The average Bonchev–Trinajstić information content (AvgIpc) is 2.53. The second kappa shape index (κ2) is 7.54. The van der Waals surface area contributed by atoms with E-state index in [4.69, 9.17) is 11.5 Å².